The standard InChI is InChI=1S/C15H21NO4/c1-9(2)11(4)16-13(17)8-20-15(19)12-7-5-6-10(3)14(12)18/h5-7,9,11,18H,8H2,1-4H3,(H,16,17)/t11-/m0/s1. The summed E-state index contributed by atoms with van der Waals surface area (Å²) in [4.78, 5) is 23.4. The number of carbonyl (C=O) groups is 2. The van der Waals surface area contributed by atoms with Gasteiger partial charge < -0.3 is 15.2 Å². The fourth-order valence-corrected chi connectivity index (χ4v) is 1.49. The maximum Gasteiger partial charge on any atom is 0.342 e. The van der Waals surface area contributed by atoms with Crippen molar-refractivity contribution < 1.29 is 19.4 Å². The molecule has 1 aromatic rings. The first-order valence-electron chi connectivity index (χ1n) is 6.58. The Hall–Kier alpha value is -2.04. The minimum atomic E-state index is -0.710. The van der Waals surface area contributed by atoms with Crippen LogP contribution >= 0.6 is 0 Å². The van der Waals surface area contributed by atoms with Gasteiger partial charge in [-0.2, -0.15) is 0 Å². The molecule has 0 bridgehead atoms. The summed E-state index contributed by atoms with van der Waals surface area (Å²) in [6, 6.07) is 4.79. The Morgan fingerprint density at radius 3 is 2.55 bits per heavy atom. The van der Waals surface area contributed by atoms with E-state index >= 15 is 0 Å². The van der Waals surface area contributed by atoms with Gasteiger partial charge in [0.25, 0.3) is 5.91 Å². The number of hydrogen-bond donors (Lipinski definition) is 2. The zero-order valence-corrected chi connectivity index (χ0v) is 12.3. The molecule has 110 valence electrons. The van der Waals surface area contributed by atoms with Crippen molar-refractivity contribution in [3.63, 3.8) is 0 Å². The topological polar surface area (TPSA) is 75.6 Å². The molecule has 0 spiro atoms. The van der Waals surface area contributed by atoms with E-state index in [9.17, 15) is 14.7 Å². The Bertz CT molecular complexity index is 497. The van der Waals surface area contributed by atoms with Gasteiger partial charge in [0, 0.05) is 6.04 Å². The lowest BCUT2D eigenvalue weighted by Crippen LogP contribution is -2.38. The Balaban J connectivity index is 2.55. The number of phenolic OH excluding ortho intramolecular Hbond substituents is 1. The highest BCUT2D eigenvalue weighted by atomic mass is 16.5. The number of aryl methyl sites for hydroxylation is 1. The van der Waals surface area contributed by atoms with Gasteiger partial charge in [0.2, 0.25) is 0 Å². The molecule has 5 nitrogen and oxygen atoms in total. The molecule has 0 saturated heterocycles. The van der Waals surface area contributed by atoms with Crippen molar-refractivity contribution in [1.82, 2.24) is 5.32 Å². The fraction of sp³-hybridized carbons (Fsp3) is 0.467. The van der Waals surface area contributed by atoms with Crippen LogP contribution in [0.2, 0.25) is 0 Å². The number of aromatic hydroxyl groups is 1. The average molecular weight is 279 g/mol. The normalized spacial score (nSPS) is 12.1. The van der Waals surface area contributed by atoms with E-state index in [-0.39, 0.29) is 29.9 Å². The lowest BCUT2D eigenvalue weighted by molar-refractivity contribution is -0.125. The van der Waals surface area contributed by atoms with E-state index < -0.39 is 5.97 Å². The van der Waals surface area contributed by atoms with E-state index in [0.717, 1.165) is 0 Å². The molecule has 0 aliphatic carbocycles. The second-order valence-electron chi connectivity index (χ2n) is 5.15. The van der Waals surface area contributed by atoms with Crippen LogP contribution in [0.5, 0.6) is 5.75 Å². The van der Waals surface area contributed by atoms with Crippen molar-refractivity contribution >= 4 is 11.9 Å². The van der Waals surface area contributed by atoms with Crippen molar-refractivity contribution in [3.05, 3.63) is 29.3 Å². The summed E-state index contributed by atoms with van der Waals surface area (Å²) >= 11 is 0. The largest absolute Gasteiger partial charge is 0.507 e. The van der Waals surface area contributed by atoms with Gasteiger partial charge in [-0.25, -0.2) is 4.79 Å². The van der Waals surface area contributed by atoms with Crippen molar-refractivity contribution in [2.24, 2.45) is 5.92 Å². The van der Waals surface area contributed by atoms with E-state index in [1.165, 1.54) is 6.07 Å². The zero-order chi connectivity index (χ0) is 15.3. The third-order valence-corrected chi connectivity index (χ3v) is 3.18. The molecule has 1 amide bonds. The summed E-state index contributed by atoms with van der Waals surface area (Å²) in [6.45, 7) is 7.19. The first kappa shape index (κ1) is 16.0. The van der Waals surface area contributed by atoms with Crippen molar-refractivity contribution in [2.45, 2.75) is 33.7 Å². The molecule has 1 aromatic carbocycles. The van der Waals surface area contributed by atoms with Crippen LogP contribution in [0.15, 0.2) is 18.2 Å². The van der Waals surface area contributed by atoms with E-state index in [4.69, 9.17) is 4.74 Å². The number of nitrogens with one attached hydrogen (secondary N) is 1. The first-order valence-corrected chi connectivity index (χ1v) is 6.58. The van der Waals surface area contributed by atoms with Gasteiger partial charge in [0.15, 0.2) is 6.61 Å². The molecule has 0 aliphatic rings. The number of amides is 1. The van der Waals surface area contributed by atoms with E-state index in [0.29, 0.717) is 11.5 Å². The number of esters is 1. The van der Waals surface area contributed by atoms with E-state index in [1.54, 1.807) is 19.1 Å². The molecule has 1 atom stereocenters. The SMILES string of the molecule is Cc1cccc(C(=O)OCC(=O)N[C@@H](C)C(C)C)c1O. The molecule has 0 unspecified atom stereocenters. The number of benzene rings is 1. The van der Waals surface area contributed by atoms with Crippen LogP contribution in [0.1, 0.15) is 36.7 Å². The van der Waals surface area contributed by atoms with Gasteiger partial charge in [-0.15, -0.1) is 0 Å². The van der Waals surface area contributed by atoms with Crippen molar-refractivity contribution in [1.29, 1.82) is 0 Å². The number of rotatable bonds is 5. The van der Waals surface area contributed by atoms with Gasteiger partial charge in [-0.1, -0.05) is 26.0 Å². The van der Waals surface area contributed by atoms with Crippen molar-refractivity contribution in [2.75, 3.05) is 6.61 Å². The molecule has 0 heterocycles. The smallest absolute Gasteiger partial charge is 0.342 e. The molecule has 0 fully saturated rings. The summed E-state index contributed by atoms with van der Waals surface area (Å²) in [7, 11) is 0. The van der Waals surface area contributed by atoms with Crippen LogP contribution in [0, 0.1) is 12.8 Å². The molecule has 5 heteroatoms. The molecule has 2 N–H and O–H groups in total. The maximum absolute atomic E-state index is 11.8. The number of ether oxygens (including phenoxy) is 1. The van der Waals surface area contributed by atoms with Crippen LogP contribution in [0.4, 0.5) is 0 Å². The van der Waals surface area contributed by atoms with Gasteiger partial charge in [0.1, 0.15) is 11.3 Å². The van der Waals surface area contributed by atoms with E-state index in [1.807, 2.05) is 20.8 Å². The van der Waals surface area contributed by atoms with Crippen molar-refractivity contribution in [3.8, 4) is 5.75 Å². The maximum atomic E-state index is 11.8. The summed E-state index contributed by atoms with van der Waals surface area (Å²) < 4.78 is 4.90. The minimum absolute atomic E-state index is 0.00794. The highest BCUT2D eigenvalue weighted by Crippen LogP contribution is 2.21. The van der Waals surface area contributed by atoms with Crippen LogP contribution in [-0.4, -0.2) is 29.6 Å². The molecule has 20 heavy (non-hydrogen) atoms. The zero-order valence-electron chi connectivity index (χ0n) is 12.3. The number of phenols is 1. The molecule has 0 aromatic heterocycles. The minimum Gasteiger partial charge on any atom is -0.507 e. The third-order valence-electron chi connectivity index (χ3n) is 3.18. The Kier molecular flexibility index (Phi) is 5.55. The lowest BCUT2D eigenvalue weighted by Gasteiger charge is -2.17. The number of para-hydroxylation sites is 1. The summed E-state index contributed by atoms with van der Waals surface area (Å²) in [5.41, 5.74) is 0.645. The van der Waals surface area contributed by atoms with Gasteiger partial charge in [-0.05, 0) is 31.4 Å². The quantitative estimate of drug-likeness (QED) is 0.808. The Morgan fingerprint density at radius 1 is 1.30 bits per heavy atom. The van der Waals surface area contributed by atoms with Gasteiger partial charge in [0.05, 0.1) is 0 Å². The van der Waals surface area contributed by atoms with Gasteiger partial charge in [-0.3, -0.25) is 4.79 Å². The fourth-order valence-electron chi connectivity index (χ4n) is 1.49. The monoisotopic (exact) mass is 279 g/mol. The molecule has 0 saturated carbocycles. The molecule has 0 aliphatic heterocycles. The second-order valence-corrected chi connectivity index (χ2v) is 5.15. The molecule has 1 rings (SSSR count). The van der Waals surface area contributed by atoms with Crippen LogP contribution in [0.25, 0.3) is 0 Å². The Labute approximate surface area is 118 Å². The number of hydrogen-bond acceptors (Lipinski definition) is 4. The number of carbonyl (C=O) groups excluding carboxylic acids is 2. The predicted molar refractivity (Wildman–Crippen MR) is 75.6 cm³/mol. The second kappa shape index (κ2) is 6.93. The summed E-state index contributed by atoms with van der Waals surface area (Å²) in [5.74, 6) is -0.880. The van der Waals surface area contributed by atoms with Crippen LogP contribution in [-0.2, 0) is 9.53 Å². The summed E-state index contributed by atoms with van der Waals surface area (Å²) in [5, 5.41) is 12.5. The molecule has 0 radical (unpaired) electrons. The van der Waals surface area contributed by atoms with Gasteiger partial charge >= 0.3 is 5.97 Å². The predicted octanol–water partition coefficient (Wildman–Crippen LogP) is 2.02. The van der Waals surface area contributed by atoms with E-state index in [2.05, 4.69) is 5.32 Å². The third kappa shape index (κ3) is 4.26. The Morgan fingerprint density at radius 2 is 1.95 bits per heavy atom. The molecular formula is C15H21NO4. The average Bonchev–Trinajstić information content (AvgIpc) is 2.39. The summed E-state index contributed by atoms with van der Waals surface area (Å²) in [6.07, 6.45) is 0. The highest BCUT2D eigenvalue weighted by molar-refractivity contribution is 5.94. The first-order chi connectivity index (χ1) is 9.32. The van der Waals surface area contributed by atoms with Crippen LogP contribution < -0.4 is 5.32 Å². The molecular weight excluding hydrogens is 258 g/mol. The highest BCUT2D eigenvalue weighted by Gasteiger charge is 2.16. The lowest BCUT2D eigenvalue weighted by atomic mass is 10.1. The van der Waals surface area contributed by atoms with Crippen LogP contribution in [0.3, 0.4) is 0 Å².